The molecule has 6 heteroatoms. The predicted molar refractivity (Wildman–Crippen MR) is 72.3 cm³/mol. The molecule has 0 bridgehead atoms. The van der Waals surface area contributed by atoms with Crippen LogP contribution in [0.2, 0.25) is 5.02 Å². The highest BCUT2D eigenvalue weighted by Crippen LogP contribution is 2.24. The SMILES string of the molecule is COCCCC(Nc1cccc(Cl)c1C#N)C(=O)O. The number of benzene rings is 1. The number of nitrogens with one attached hydrogen (secondary N) is 1. The molecule has 0 aliphatic heterocycles. The van der Waals surface area contributed by atoms with E-state index in [9.17, 15) is 4.79 Å². The molecule has 102 valence electrons. The van der Waals surface area contributed by atoms with Gasteiger partial charge >= 0.3 is 5.97 Å². The summed E-state index contributed by atoms with van der Waals surface area (Å²) in [6.45, 7) is 0.492. The summed E-state index contributed by atoms with van der Waals surface area (Å²) in [5.74, 6) is -0.972. The zero-order valence-corrected chi connectivity index (χ0v) is 11.3. The van der Waals surface area contributed by atoms with Crippen molar-refractivity contribution >= 4 is 23.3 Å². The smallest absolute Gasteiger partial charge is 0.326 e. The van der Waals surface area contributed by atoms with Gasteiger partial charge in [0.1, 0.15) is 12.1 Å². The van der Waals surface area contributed by atoms with Crippen molar-refractivity contribution in [2.45, 2.75) is 18.9 Å². The molecule has 19 heavy (non-hydrogen) atoms. The van der Waals surface area contributed by atoms with E-state index in [0.29, 0.717) is 30.2 Å². The Bertz CT molecular complexity index is 485. The van der Waals surface area contributed by atoms with E-state index < -0.39 is 12.0 Å². The van der Waals surface area contributed by atoms with E-state index in [1.807, 2.05) is 6.07 Å². The molecular weight excluding hydrogens is 268 g/mol. The number of nitrogens with zero attached hydrogens (tertiary/aromatic N) is 1. The van der Waals surface area contributed by atoms with E-state index >= 15 is 0 Å². The lowest BCUT2D eigenvalue weighted by atomic mass is 10.1. The third-order valence-corrected chi connectivity index (χ3v) is 2.91. The molecule has 0 amide bonds. The maximum absolute atomic E-state index is 11.2. The normalized spacial score (nSPS) is 11.6. The fraction of sp³-hybridized carbons (Fsp3) is 0.385. The minimum atomic E-state index is -0.972. The Balaban J connectivity index is 2.82. The van der Waals surface area contributed by atoms with Gasteiger partial charge in [0, 0.05) is 13.7 Å². The first-order valence-electron chi connectivity index (χ1n) is 5.77. The fourth-order valence-corrected chi connectivity index (χ4v) is 1.85. The molecule has 1 aromatic rings. The van der Waals surface area contributed by atoms with Gasteiger partial charge in [-0.1, -0.05) is 17.7 Å². The van der Waals surface area contributed by atoms with Crippen LogP contribution in [-0.2, 0) is 9.53 Å². The first-order chi connectivity index (χ1) is 9.10. The highest BCUT2D eigenvalue weighted by atomic mass is 35.5. The van der Waals surface area contributed by atoms with Crippen molar-refractivity contribution in [2.75, 3.05) is 19.0 Å². The van der Waals surface area contributed by atoms with Crippen LogP contribution in [-0.4, -0.2) is 30.8 Å². The molecule has 2 N–H and O–H groups in total. The van der Waals surface area contributed by atoms with Gasteiger partial charge < -0.3 is 15.2 Å². The average Bonchev–Trinajstić information content (AvgIpc) is 2.37. The summed E-state index contributed by atoms with van der Waals surface area (Å²) in [5.41, 5.74) is 0.682. The van der Waals surface area contributed by atoms with Crippen LogP contribution in [0.4, 0.5) is 5.69 Å². The van der Waals surface area contributed by atoms with Gasteiger partial charge in [0.05, 0.1) is 16.3 Å². The molecule has 0 radical (unpaired) electrons. The molecule has 0 saturated carbocycles. The molecule has 1 rings (SSSR count). The maximum atomic E-state index is 11.2. The van der Waals surface area contributed by atoms with Gasteiger partial charge in [-0.15, -0.1) is 0 Å². The van der Waals surface area contributed by atoms with Crippen LogP contribution in [0.3, 0.4) is 0 Å². The molecule has 0 heterocycles. The molecular formula is C13H15ClN2O3. The molecule has 0 saturated heterocycles. The van der Waals surface area contributed by atoms with Crippen molar-refractivity contribution < 1.29 is 14.6 Å². The summed E-state index contributed by atoms with van der Waals surface area (Å²) in [5, 5.41) is 21.3. The number of aliphatic carboxylic acids is 1. The maximum Gasteiger partial charge on any atom is 0.326 e. The number of halogens is 1. The number of carbonyl (C=O) groups is 1. The number of methoxy groups -OCH3 is 1. The molecule has 5 nitrogen and oxygen atoms in total. The minimum absolute atomic E-state index is 0.252. The number of hydrogen-bond donors (Lipinski definition) is 2. The Morgan fingerprint density at radius 2 is 2.37 bits per heavy atom. The molecule has 0 aliphatic carbocycles. The lowest BCUT2D eigenvalue weighted by Crippen LogP contribution is -2.29. The van der Waals surface area contributed by atoms with Crippen LogP contribution in [0.5, 0.6) is 0 Å². The second-order valence-corrected chi connectivity index (χ2v) is 4.35. The third-order valence-electron chi connectivity index (χ3n) is 2.59. The van der Waals surface area contributed by atoms with Gasteiger partial charge in [-0.3, -0.25) is 0 Å². The van der Waals surface area contributed by atoms with Gasteiger partial charge in [-0.25, -0.2) is 4.79 Å². The summed E-state index contributed by atoms with van der Waals surface area (Å²) in [6.07, 6.45) is 1.02. The standard InChI is InChI=1S/C13H15ClN2O3/c1-19-7-3-6-12(13(17)18)16-11-5-2-4-10(14)9(11)8-15/h2,4-5,12,16H,3,6-7H2,1H3,(H,17,18). The van der Waals surface area contributed by atoms with Gasteiger partial charge in [-0.05, 0) is 25.0 Å². The third kappa shape index (κ3) is 4.43. The Morgan fingerprint density at radius 1 is 1.63 bits per heavy atom. The van der Waals surface area contributed by atoms with Crippen molar-refractivity contribution in [3.05, 3.63) is 28.8 Å². The number of carboxylic acid groups (broad SMARTS) is 1. The number of hydrogen-bond acceptors (Lipinski definition) is 4. The van der Waals surface area contributed by atoms with Crippen LogP contribution >= 0.6 is 11.6 Å². The summed E-state index contributed by atoms with van der Waals surface area (Å²) in [7, 11) is 1.56. The van der Waals surface area contributed by atoms with E-state index in [1.54, 1.807) is 25.3 Å². The van der Waals surface area contributed by atoms with Crippen LogP contribution in [0.1, 0.15) is 18.4 Å². The number of ether oxygens (including phenoxy) is 1. The quantitative estimate of drug-likeness (QED) is 0.751. The van der Waals surface area contributed by atoms with Crippen LogP contribution in [0, 0.1) is 11.3 Å². The molecule has 0 aliphatic rings. The van der Waals surface area contributed by atoms with Crippen molar-refractivity contribution in [2.24, 2.45) is 0 Å². The zero-order valence-electron chi connectivity index (χ0n) is 10.5. The van der Waals surface area contributed by atoms with Crippen molar-refractivity contribution in [1.29, 1.82) is 5.26 Å². The highest BCUT2D eigenvalue weighted by Gasteiger charge is 2.18. The van der Waals surface area contributed by atoms with E-state index in [2.05, 4.69) is 5.32 Å². The predicted octanol–water partition coefficient (Wildman–Crippen LogP) is 2.50. The largest absolute Gasteiger partial charge is 0.480 e. The van der Waals surface area contributed by atoms with Crippen LogP contribution < -0.4 is 5.32 Å². The van der Waals surface area contributed by atoms with E-state index in [-0.39, 0.29) is 5.56 Å². The average molecular weight is 283 g/mol. The Hall–Kier alpha value is -1.77. The van der Waals surface area contributed by atoms with Gasteiger partial charge in [-0.2, -0.15) is 5.26 Å². The van der Waals surface area contributed by atoms with Crippen molar-refractivity contribution in [3.8, 4) is 6.07 Å². The molecule has 1 unspecified atom stereocenters. The van der Waals surface area contributed by atoms with E-state index in [4.69, 9.17) is 26.7 Å². The first-order valence-corrected chi connectivity index (χ1v) is 6.14. The highest BCUT2D eigenvalue weighted by molar-refractivity contribution is 6.32. The molecule has 0 spiro atoms. The van der Waals surface area contributed by atoms with Crippen molar-refractivity contribution in [3.63, 3.8) is 0 Å². The number of nitriles is 1. The lowest BCUT2D eigenvalue weighted by molar-refractivity contribution is -0.138. The van der Waals surface area contributed by atoms with E-state index in [0.717, 1.165) is 0 Å². The minimum Gasteiger partial charge on any atom is -0.480 e. The second kappa shape index (κ2) is 7.62. The first kappa shape index (κ1) is 15.3. The van der Waals surface area contributed by atoms with Crippen molar-refractivity contribution in [1.82, 2.24) is 0 Å². The Morgan fingerprint density at radius 3 is 2.95 bits per heavy atom. The van der Waals surface area contributed by atoms with Gasteiger partial charge in [0.2, 0.25) is 0 Å². The molecule has 0 aromatic heterocycles. The van der Waals surface area contributed by atoms with Gasteiger partial charge in [0.25, 0.3) is 0 Å². The van der Waals surface area contributed by atoms with E-state index in [1.165, 1.54) is 0 Å². The number of carboxylic acids is 1. The second-order valence-electron chi connectivity index (χ2n) is 3.94. The molecule has 1 atom stereocenters. The summed E-state index contributed by atoms with van der Waals surface area (Å²) in [4.78, 5) is 11.2. The zero-order chi connectivity index (χ0) is 14.3. The molecule has 1 aromatic carbocycles. The fourth-order valence-electron chi connectivity index (χ4n) is 1.63. The number of anilines is 1. The Labute approximate surface area is 116 Å². The topological polar surface area (TPSA) is 82.3 Å². The van der Waals surface area contributed by atoms with Crippen LogP contribution in [0.15, 0.2) is 18.2 Å². The molecule has 0 fully saturated rings. The monoisotopic (exact) mass is 282 g/mol. The number of rotatable bonds is 7. The Kier molecular flexibility index (Phi) is 6.13. The summed E-state index contributed by atoms with van der Waals surface area (Å²) < 4.78 is 4.89. The lowest BCUT2D eigenvalue weighted by Gasteiger charge is -2.16. The summed E-state index contributed by atoms with van der Waals surface area (Å²) in [6, 6.07) is 6.08. The van der Waals surface area contributed by atoms with Crippen LogP contribution in [0.25, 0.3) is 0 Å². The van der Waals surface area contributed by atoms with Gasteiger partial charge in [0.15, 0.2) is 0 Å². The summed E-state index contributed by atoms with van der Waals surface area (Å²) >= 11 is 5.89.